The lowest BCUT2D eigenvalue weighted by atomic mass is 10.0. The number of hydrogen-bond acceptors (Lipinski definition) is 3. The van der Waals surface area contributed by atoms with Gasteiger partial charge in [-0.2, -0.15) is 0 Å². The standard InChI is InChI=1S/C19H26N2O3/c1-11(2)24-17-9-14(7-8-15(17)12-3-4-12)19(23)21-16(10-18(20)22)13-5-6-13/h7-9,11-13,16H,3-6,10H2,1-2H3,(H2,20,22)(H,21,23). The number of primary amides is 1. The van der Waals surface area contributed by atoms with Crippen LogP contribution in [0.2, 0.25) is 0 Å². The normalized spacial score (nSPS) is 18.3. The molecule has 2 saturated carbocycles. The molecule has 2 aliphatic carbocycles. The van der Waals surface area contributed by atoms with E-state index >= 15 is 0 Å². The highest BCUT2D eigenvalue weighted by molar-refractivity contribution is 5.95. The summed E-state index contributed by atoms with van der Waals surface area (Å²) in [5.74, 6) is 1.20. The molecule has 0 aliphatic heterocycles. The predicted octanol–water partition coefficient (Wildman–Crippen LogP) is 2.74. The van der Waals surface area contributed by atoms with Gasteiger partial charge in [0, 0.05) is 18.0 Å². The van der Waals surface area contributed by atoms with Crippen molar-refractivity contribution < 1.29 is 14.3 Å². The van der Waals surface area contributed by atoms with Crippen LogP contribution < -0.4 is 15.8 Å². The first-order valence-corrected chi connectivity index (χ1v) is 8.83. The maximum atomic E-state index is 12.6. The predicted molar refractivity (Wildman–Crippen MR) is 92.0 cm³/mol. The van der Waals surface area contributed by atoms with E-state index in [2.05, 4.69) is 5.32 Å². The molecular formula is C19H26N2O3. The Balaban J connectivity index is 1.74. The van der Waals surface area contributed by atoms with E-state index < -0.39 is 0 Å². The first-order valence-electron chi connectivity index (χ1n) is 8.83. The van der Waals surface area contributed by atoms with Gasteiger partial charge in [-0.05, 0) is 69.1 Å². The molecule has 0 radical (unpaired) electrons. The lowest BCUT2D eigenvalue weighted by Crippen LogP contribution is -2.39. The number of amides is 2. The van der Waals surface area contributed by atoms with Crippen LogP contribution in [0.4, 0.5) is 0 Å². The van der Waals surface area contributed by atoms with E-state index in [0.717, 1.165) is 18.6 Å². The fourth-order valence-electron chi connectivity index (χ4n) is 3.07. The van der Waals surface area contributed by atoms with Crippen molar-refractivity contribution in [3.05, 3.63) is 29.3 Å². The lowest BCUT2D eigenvalue weighted by molar-refractivity contribution is -0.118. The topological polar surface area (TPSA) is 81.4 Å². The minimum atomic E-state index is -0.375. The average molecular weight is 330 g/mol. The van der Waals surface area contributed by atoms with Gasteiger partial charge in [-0.1, -0.05) is 6.07 Å². The number of rotatable bonds is 8. The van der Waals surface area contributed by atoms with Crippen LogP contribution in [0.15, 0.2) is 18.2 Å². The van der Waals surface area contributed by atoms with Crippen LogP contribution in [-0.4, -0.2) is 24.0 Å². The smallest absolute Gasteiger partial charge is 0.251 e. The van der Waals surface area contributed by atoms with Crippen molar-refractivity contribution in [2.45, 2.75) is 64.0 Å². The van der Waals surface area contributed by atoms with E-state index in [1.807, 2.05) is 32.0 Å². The molecular weight excluding hydrogens is 304 g/mol. The first-order chi connectivity index (χ1) is 11.4. The van der Waals surface area contributed by atoms with Crippen LogP contribution in [0.5, 0.6) is 5.75 Å². The van der Waals surface area contributed by atoms with E-state index in [1.54, 1.807) is 0 Å². The molecule has 1 aromatic rings. The third kappa shape index (κ3) is 4.28. The van der Waals surface area contributed by atoms with Crippen molar-refractivity contribution in [2.75, 3.05) is 0 Å². The molecule has 0 aromatic heterocycles. The molecule has 0 spiro atoms. The Hall–Kier alpha value is -2.04. The molecule has 5 nitrogen and oxygen atoms in total. The summed E-state index contributed by atoms with van der Waals surface area (Å²) in [6, 6.07) is 5.53. The van der Waals surface area contributed by atoms with Gasteiger partial charge in [-0.3, -0.25) is 9.59 Å². The average Bonchev–Trinajstić information content (AvgIpc) is 3.37. The molecule has 1 unspecified atom stereocenters. The van der Waals surface area contributed by atoms with Gasteiger partial charge in [0.25, 0.3) is 5.91 Å². The van der Waals surface area contributed by atoms with Crippen LogP contribution in [0.25, 0.3) is 0 Å². The second-order valence-electron chi connectivity index (χ2n) is 7.28. The van der Waals surface area contributed by atoms with Crippen molar-refractivity contribution in [3.63, 3.8) is 0 Å². The van der Waals surface area contributed by atoms with Crippen LogP contribution in [0.1, 0.15) is 67.8 Å². The van der Waals surface area contributed by atoms with E-state index in [4.69, 9.17) is 10.5 Å². The van der Waals surface area contributed by atoms with E-state index in [1.165, 1.54) is 18.4 Å². The molecule has 130 valence electrons. The Morgan fingerprint density at radius 2 is 1.96 bits per heavy atom. The highest BCUT2D eigenvalue weighted by atomic mass is 16.5. The quantitative estimate of drug-likeness (QED) is 0.769. The van der Waals surface area contributed by atoms with Crippen molar-refractivity contribution in [1.29, 1.82) is 0 Å². The minimum Gasteiger partial charge on any atom is -0.491 e. The number of hydrogen-bond donors (Lipinski definition) is 2. The summed E-state index contributed by atoms with van der Waals surface area (Å²) >= 11 is 0. The summed E-state index contributed by atoms with van der Waals surface area (Å²) in [4.78, 5) is 23.8. The molecule has 24 heavy (non-hydrogen) atoms. The maximum Gasteiger partial charge on any atom is 0.251 e. The Kier molecular flexibility index (Phi) is 4.78. The third-order valence-electron chi connectivity index (χ3n) is 4.58. The highest BCUT2D eigenvalue weighted by Gasteiger charge is 2.34. The minimum absolute atomic E-state index is 0.0647. The number of benzene rings is 1. The van der Waals surface area contributed by atoms with E-state index in [0.29, 0.717) is 17.4 Å². The molecule has 0 heterocycles. The molecule has 3 N–H and O–H groups in total. The van der Waals surface area contributed by atoms with Gasteiger partial charge in [0.15, 0.2) is 0 Å². The molecule has 2 amide bonds. The Morgan fingerprint density at radius 3 is 2.50 bits per heavy atom. The van der Waals surface area contributed by atoms with Gasteiger partial charge < -0.3 is 15.8 Å². The highest BCUT2D eigenvalue weighted by Crippen LogP contribution is 2.44. The van der Waals surface area contributed by atoms with E-state index in [-0.39, 0.29) is 30.4 Å². The molecule has 1 aromatic carbocycles. The third-order valence-corrected chi connectivity index (χ3v) is 4.58. The molecule has 2 aliphatic rings. The number of ether oxygens (including phenoxy) is 1. The molecule has 5 heteroatoms. The summed E-state index contributed by atoms with van der Waals surface area (Å²) in [5.41, 5.74) is 7.07. The number of carbonyl (C=O) groups excluding carboxylic acids is 2. The Bertz CT molecular complexity index is 633. The van der Waals surface area contributed by atoms with Gasteiger partial charge in [-0.15, -0.1) is 0 Å². The first kappa shape index (κ1) is 16.8. The van der Waals surface area contributed by atoms with Crippen molar-refractivity contribution in [3.8, 4) is 5.75 Å². The molecule has 0 saturated heterocycles. The molecule has 0 bridgehead atoms. The van der Waals surface area contributed by atoms with Gasteiger partial charge in [0.2, 0.25) is 5.91 Å². The van der Waals surface area contributed by atoms with Gasteiger partial charge >= 0.3 is 0 Å². The largest absolute Gasteiger partial charge is 0.491 e. The summed E-state index contributed by atoms with van der Waals surface area (Å²) < 4.78 is 5.91. The summed E-state index contributed by atoms with van der Waals surface area (Å²) in [6.45, 7) is 3.97. The molecule has 1 atom stereocenters. The second kappa shape index (κ2) is 6.83. The van der Waals surface area contributed by atoms with Crippen molar-refractivity contribution in [2.24, 2.45) is 11.7 Å². The number of nitrogens with one attached hydrogen (secondary N) is 1. The summed E-state index contributed by atoms with van der Waals surface area (Å²) in [7, 11) is 0. The van der Waals surface area contributed by atoms with Gasteiger partial charge in [0.05, 0.1) is 6.10 Å². The van der Waals surface area contributed by atoms with Crippen LogP contribution in [0.3, 0.4) is 0 Å². The zero-order chi connectivity index (χ0) is 17.3. The zero-order valence-electron chi connectivity index (χ0n) is 14.4. The maximum absolute atomic E-state index is 12.6. The summed E-state index contributed by atoms with van der Waals surface area (Å²) in [5, 5.41) is 2.98. The van der Waals surface area contributed by atoms with E-state index in [9.17, 15) is 9.59 Å². The summed E-state index contributed by atoms with van der Waals surface area (Å²) in [6.07, 6.45) is 4.72. The molecule has 2 fully saturated rings. The van der Waals surface area contributed by atoms with Gasteiger partial charge in [-0.25, -0.2) is 0 Å². The zero-order valence-corrected chi connectivity index (χ0v) is 14.4. The SMILES string of the molecule is CC(C)Oc1cc(C(=O)NC(CC(N)=O)C2CC2)ccc1C1CC1. The monoisotopic (exact) mass is 330 g/mol. The van der Waals surface area contributed by atoms with Crippen LogP contribution >= 0.6 is 0 Å². The molecule has 3 rings (SSSR count). The van der Waals surface area contributed by atoms with Gasteiger partial charge in [0.1, 0.15) is 5.75 Å². The lowest BCUT2D eigenvalue weighted by Gasteiger charge is -2.18. The fourth-order valence-corrected chi connectivity index (χ4v) is 3.07. The Labute approximate surface area is 142 Å². The van der Waals surface area contributed by atoms with Crippen LogP contribution in [0, 0.1) is 5.92 Å². The van der Waals surface area contributed by atoms with Crippen molar-refractivity contribution in [1.82, 2.24) is 5.32 Å². The van der Waals surface area contributed by atoms with Crippen LogP contribution in [-0.2, 0) is 4.79 Å². The Morgan fingerprint density at radius 1 is 1.25 bits per heavy atom. The fraction of sp³-hybridized carbons (Fsp3) is 0.579. The van der Waals surface area contributed by atoms with Crippen molar-refractivity contribution >= 4 is 11.8 Å². The number of nitrogens with two attached hydrogens (primary N) is 1. The number of carbonyl (C=O) groups is 2. The second-order valence-corrected chi connectivity index (χ2v) is 7.28.